The van der Waals surface area contributed by atoms with Crippen molar-refractivity contribution in [3.8, 4) is 5.75 Å². The van der Waals surface area contributed by atoms with Crippen molar-refractivity contribution in [2.75, 3.05) is 12.4 Å². The van der Waals surface area contributed by atoms with Gasteiger partial charge in [-0.2, -0.15) is 0 Å². The summed E-state index contributed by atoms with van der Waals surface area (Å²) in [5.41, 5.74) is 1.48. The minimum atomic E-state index is -0.401. The molecule has 22 heavy (non-hydrogen) atoms. The summed E-state index contributed by atoms with van der Waals surface area (Å²) in [4.78, 5) is 15.4. The van der Waals surface area contributed by atoms with E-state index in [1.807, 2.05) is 0 Å². The van der Waals surface area contributed by atoms with Crippen molar-refractivity contribution >= 4 is 34.1 Å². The normalized spacial score (nSPS) is 10.7. The lowest BCUT2D eigenvalue weighted by molar-refractivity contribution is 0.102. The van der Waals surface area contributed by atoms with Gasteiger partial charge in [0, 0.05) is 22.1 Å². The van der Waals surface area contributed by atoms with Gasteiger partial charge in [0.25, 0.3) is 5.91 Å². The first-order chi connectivity index (χ1) is 10.6. The number of ether oxygens (including phenoxy) is 1. The van der Waals surface area contributed by atoms with Crippen molar-refractivity contribution in [2.24, 2.45) is 0 Å². The van der Waals surface area contributed by atoms with Crippen LogP contribution in [0.2, 0.25) is 5.02 Å². The van der Waals surface area contributed by atoms with Crippen LogP contribution in [0, 0.1) is 5.82 Å². The van der Waals surface area contributed by atoms with Crippen LogP contribution in [0.15, 0.2) is 42.6 Å². The van der Waals surface area contributed by atoms with Crippen LogP contribution in [0.5, 0.6) is 5.75 Å². The number of hydrogen-bond acceptors (Lipinski definition) is 2. The summed E-state index contributed by atoms with van der Waals surface area (Å²) in [5.74, 6) is -0.289. The fraction of sp³-hybridized carbons (Fsp3) is 0.0625. The summed E-state index contributed by atoms with van der Waals surface area (Å²) in [7, 11) is 1.50. The molecule has 0 atom stereocenters. The zero-order valence-corrected chi connectivity index (χ0v) is 12.4. The van der Waals surface area contributed by atoms with Gasteiger partial charge in [-0.05, 0) is 36.4 Å². The van der Waals surface area contributed by atoms with Gasteiger partial charge in [-0.15, -0.1) is 0 Å². The number of benzene rings is 2. The topological polar surface area (TPSA) is 54.1 Å². The fourth-order valence-electron chi connectivity index (χ4n) is 2.25. The van der Waals surface area contributed by atoms with E-state index in [2.05, 4.69) is 10.3 Å². The quantitative estimate of drug-likeness (QED) is 0.759. The van der Waals surface area contributed by atoms with Crippen LogP contribution in [-0.4, -0.2) is 18.0 Å². The fourth-order valence-corrected chi connectivity index (χ4v) is 2.42. The van der Waals surface area contributed by atoms with Crippen LogP contribution in [0.25, 0.3) is 10.9 Å². The minimum absolute atomic E-state index is 0.344. The third-order valence-corrected chi connectivity index (χ3v) is 3.53. The van der Waals surface area contributed by atoms with E-state index in [1.165, 1.54) is 25.4 Å². The van der Waals surface area contributed by atoms with Crippen LogP contribution in [0.3, 0.4) is 0 Å². The molecule has 0 spiro atoms. The molecule has 0 saturated carbocycles. The molecule has 4 nitrogen and oxygen atoms in total. The van der Waals surface area contributed by atoms with Gasteiger partial charge in [0.15, 0.2) is 0 Å². The van der Waals surface area contributed by atoms with Gasteiger partial charge < -0.3 is 15.0 Å². The molecule has 2 aromatic carbocycles. The molecule has 0 fully saturated rings. The molecule has 6 heteroatoms. The first-order valence-electron chi connectivity index (χ1n) is 6.50. The third-order valence-electron chi connectivity index (χ3n) is 3.30. The number of rotatable bonds is 3. The molecule has 0 radical (unpaired) electrons. The van der Waals surface area contributed by atoms with Gasteiger partial charge in [-0.1, -0.05) is 11.6 Å². The Hall–Kier alpha value is -2.53. The monoisotopic (exact) mass is 318 g/mol. The minimum Gasteiger partial charge on any atom is -0.495 e. The van der Waals surface area contributed by atoms with Crippen molar-refractivity contribution in [3.05, 3.63) is 59.0 Å². The van der Waals surface area contributed by atoms with E-state index in [-0.39, 0.29) is 5.91 Å². The number of hydrogen-bond donors (Lipinski definition) is 2. The van der Waals surface area contributed by atoms with E-state index in [9.17, 15) is 9.18 Å². The van der Waals surface area contributed by atoms with Crippen molar-refractivity contribution in [2.45, 2.75) is 0 Å². The second-order valence-corrected chi connectivity index (χ2v) is 5.13. The summed E-state index contributed by atoms with van der Waals surface area (Å²) >= 11 is 5.94. The molecular weight excluding hydrogens is 307 g/mol. The lowest BCUT2D eigenvalue weighted by Gasteiger charge is -2.10. The number of methoxy groups -OCH3 is 1. The Morgan fingerprint density at radius 1 is 1.27 bits per heavy atom. The Kier molecular flexibility index (Phi) is 3.73. The number of amides is 1. The van der Waals surface area contributed by atoms with Gasteiger partial charge >= 0.3 is 0 Å². The second kappa shape index (κ2) is 5.69. The van der Waals surface area contributed by atoms with Gasteiger partial charge in [-0.25, -0.2) is 4.39 Å². The van der Waals surface area contributed by atoms with Gasteiger partial charge in [0.05, 0.1) is 18.4 Å². The van der Waals surface area contributed by atoms with Crippen molar-refractivity contribution < 1.29 is 13.9 Å². The highest BCUT2D eigenvalue weighted by Crippen LogP contribution is 2.29. The average Bonchev–Trinajstić information content (AvgIpc) is 2.90. The van der Waals surface area contributed by atoms with Crippen LogP contribution < -0.4 is 10.1 Å². The smallest absolute Gasteiger partial charge is 0.257 e. The highest BCUT2D eigenvalue weighted by molar-refractivity contribution is 6.31. The molecule has 0 saturated heterocycles. The maximum Gasteiger partial charge on any atom is 0.257 e. The first kappa shape index (κ1) is 14.4. The van der Waals surface area contributed by atoms with Crippen LogP contribution in [0.1, 0.15) is 10.4 Å². The highest BCUT2D eigenvalue weighted by Gasteiger charge is 2.15. The molecule has 1 aromatic heterocycles. The Bertz CT molecular complexity index is 860. The number of H-pyrrole nitrogens is 1. The summed E-state index contributed by atoms with van der Waals surface area (Å²) in [6, 6.07) is 9.15. The molecule has 1 amide bonds. The molecule has 0 aliphatic carbocycles. The number of aromatic nitrogens is 1. The molecule has 2 N–H and O–H groups in total. The molecule has 3 aromatic rings. The summed E-state index contributed by atoms with van der Waals surface area (Å²) < 4.78 is 18.6. The van der Waals surface area contributed by atoms with Gasteiger partial charge in [0.2, 0.25) is 0 Å². The van der Waals surface area contributed by atoms with E-state index >= 15 is 0 Å². The first-order valence-corrected chi connectivity index (χ1v) is 6.88. The number of carbonyl (C=O) groups is 1. The Balaban J connectivity index is 1.97. The lowest BCUT2D eigenvalue weighted by Crippen LogP contribution is -2.12. The zero-order chi connectivity index (χ0) is 15.7. The molecule has 1 heterocycles. The van der Waals surface area contributed by atoms with E-state index in [1.54, 1.807) is 24.3 Å². The number of aromatic amines is 1. The molecule has 0 bridgehead atoms. The van der Waals surface area contributed by atoms with E-state index in [0.29, 0.717) is 32.9 Å². The van der Waals surface area contributed by atoms with Gasteiger partial charge in [-0.3, -0.25) is 4.79 Å². The molecule has 0 aliphatic rings. The van der Waals surface area contributed by atoms with Crippen LogP contribution in [-0.2, 0) is 0 Å². The third kappa shape index (κ3) is 2.63. The van der Waals surface area contributed by atoms with E-state index in [4.69, 9.17) is 16.3 Å². The predicted octanol–water partition coefficient (Wildman–Crippen LogP) is 4.22. The molecule has 0 unspecified atom stereocenters. The number of anilines is 1. The molecule has 112 valence electrons. The van der Waals surface area contributed by atoms with E-state index < -0.39 is 5.82 Å². The average molecular weight is 319 g/mol. The van der Waals surface area contributed by atoms with Crippen LogP contribution in [0.4, 0.5) is 10.1 Å². The maximum absolute atomic E-state index is 13.4. The standard InChI is InChI=1S/C16H12ClFN2O2/c1-22-15-5-2-9(17)6-14(15)20-16(21)12-8-19-13-4-3-10(18)7-11(12)13/h2-8,19H,1H3,(H,20,21). The van der Waals surface area contributed by atoms with Crippen LogP contribution >= 0.6 is 11.6 Å². The predicted molar refractivity (Wildman–Crippen MR) is 84.2 cm³/mol. The summed E-state index contributed by atoms with van der Waals surface area (Å²) in [6.07, 6.45) is 1.54. The number of nitrogens with one attached hydrogen (secondary N) is 2. The summed E-state index contributed by atoms with van der Waals surface area (Å²) in [6.45, 7) is 0. The van der Waals surface area contributed by atoms with Crippen molar-refractivity contribution in [3.63, 3.8) is 0 Å². The largest absolute Gasteiger partial charge is 0.495 e. The molecular formula is C16H12ClFN2O2. The highest BCUT2D eigenvalue weighted by atomic mass is 35.5. The van der Waals surface area contributed by atoms with Crippen molar-refractivity contribution in [1.29, 1.82) is 0 Å². The second-order valence-electron chi connectivity index (χ2n) is 4.69. The Labute approximate surface area is 130 Å². The van der Waals surface area contributed by atoms with Crippen molar-refractivity contribution in [1.82, 2.24) is 4.98 Å². The zero-order valence-electron chi connectivity index (χ0n) is 11.6. The van der Waals surface area contributed by atoms with Gasteiger partial charge in [0.1, 0.15) is 11.6 Å². The lowest BCUT2D eigenvalue weighted by atomic mass is 10.1. The SMILES string of the molecule is COc1ccc(Cl)cc1NC(=O)c1c[nH]c2ccc(F)cc12. The Morgan fingerprint density at radius 2 is 2.09 bits per heavy atom. The molecule has 0 aliphatic heterocycles. The number of fused-ring (bicyclic) bond motifs is 1. The maximum atomic E-state index is 13.4. The summed E-state index contributed by atoms with van der Waals surface area (Å²) in [5, 5.41) is 3.71. The number of carbonyl (C=O) groups excluding carboxylic acids is 1. The number of halogens is 2. The Morgan fingerprint density at radius 3 is 2.86 bits per heavy atom. The molecule has 3 rings (SSSR count). The van der Waals surface area contributed by atoms with E-state index in [0.717, 1.165) is 0 Å².